The van der Waals surface area contributed by atoms with Crippen LogP contribution < -0.4 is 25.5 Å². The third kappa shape index (κ3) is 7.16. The van der Waals surface area contributed by atoms with Gasteiger partial charge in [0.2, 0.25) is 0 Å². The number of hydrogen-bond donors (Lipinski definition) is 0. The van der Waals surface area contributed by atoms with Gasteiger partial charge >= 0.3 is 21.5 Å². The maximum atomic E-state index is 12.9. The Morgan fingerprint density at radius 1 is 0.562 bits per heavy atom. The smallest absolute Gasteiger partial charge is 0.347 e. The van der Waals surface area contributed by atoms with Crippen LogP contribution in [0.2, 0.25) is 0 Å². The highest BCUT2D eigenvalue weighted by atomic mass is 32.3. The molecule has 0 aliphatic carbocycles. The number of methoxy groups -OCH3 is 3. The second kappa shape index (κ2) is 13.7. The lowest BCUT2D eigenvalue weighted by molar-refractivity contribution is 0.102. The van der Waals surface area contributed by atoms with Crippen LogP contribution in [0.1, 0.15) is 31.8 Å². The van der Waals surface area contributed by atoms with Crippen molar-refractivity contribution in [3.63, 3.8) is 0 Å². The summed E-state index contributed by atoms with van der Waals surface area (Å²) in [5, 5.41) is 1.17. The number of benzene rings is 4. The van der Waals surface area contributed by atoms with E-state index in [1.165, 1.54) is 32.4 Å². The number of rotatable bonds is 8. The highest BCUT2D eigenvalue weighted by Crippen LogP contribution is 2.23. The standard InChI is InChI=1S/C18H14O5.C17H11FO6S/c1-21-13-6-3-11(4-7-13)17(19)15-9-12-5-8-14(22-2)10-16(12)23-18(15)20;1-23-12-5-2-11-8-14(17(20)24-15(11)9-12)16(19)10-3-6-13(7-4-10)25(18,21)22/h3-10H,1-2H3;2-9H,1H3. The fourth-order valence-corrected chi connectivity index (χ4v) is 5.04. The minimum absolute atomic E-state index is 0.00664. The van der Waals surface area contributed by atoms with Crippen LogP contribution >= 0.6 is 0 Å². The van der Waals surface area contributed by atoms with Crippen molar-refractivity contribution < 1.29 is 44.9 Å². The first-order valence-electron chi connectivity index (χ1n) is 13.9. The molecule has 6 aromatic rings. The summed E-state index contributed by atoms with van der Waals surface area (Å²) in [6.45, 7) is 0. The van der Waals surface area contributed by atoms with Gasteiger partial charge in [0.1, 0.15) is 39.5 Å². The van der Waals surface area contributed by atoms with Gasteiger partial charge < -0.3 is 23.0 Å². The Labute approximate surface area is 271 Å². The Kier molecular flexibility index (Phi) is 9.52. The van der Waals surface area contributed by atoms with Crippen molar-refractivity contribution in [3.05, 3.63) is 140 Å². The van der Waals surface area contributed by atoms with Crippen molar-refractivity contribution in [3.8, 4) is 17.2 Å². The van der Waals surface area contributed by atoms with E-state index in [9.17, 15) is 31.5 Å². The van der Waals surface area contributed by atoms with Crippen LogP contribution in [0, 0.1) is 0 Å². The van der Waals surface area contributed by atoms with Gasteiger partial charge in [-0.05, 0) is 84.9 Å². The number of carbonyl (C=O) groups excluding carboxylic acids is 2. The summed E-state index contributed by atoms with van der Waals surface area (Å²) in [4.78, 5) is 48.6. The molecule has 0 N–H and O–H groups in total. The highest BCUT2D eigenvalue weighted by Gasteiger charge is 2.19. The largest absolute Gasteiger partial charge is 0.497 e. The Morgan fingerprint density at radius 3 is 1.31 bits per heavy atom. The summed E-state index contributed by atoms with van der Waals surface area (Å²) in [7, 11) is -0.313. The minimum Gasteiger partial charge on any atom is -0.497 e. The first-order chi connectivity index (χ1) is 22.9. The average Bonchev–Trinajstić information content (AvgIpc) is 3.10. The predicted octanol–water partition coefficient (Wildman–Crippen LogP) is 5.73. The molecular weight excluding hydrogens is 647 g/mol. The van der Waals surface area contributed by atoms with E-state index >= 15 is 0 Å². The van der Waals surface area contributed by atoms with E-state index in [0.29, 0.717) is 39.2 Å². The van der Waals surface area contributed by atoms with Gasteiger partial charge in [-0.2, -0.15) is 8.42 Å². The summed E-state index contributed by atoms with van der Waals surface area (Å²) in [5.41, 5.74) is -0.667. The second-order valence-electron chi connectivity index (χ2n) is 10.1. The predicted molar refractivity (Wildman–Crippen MR) is 173 cm³/mol. The van der Waals surface area contributed by atoms with Crippen LogP contribution in [0.4, 0.5) is 3.89 Å². The normalized spacial score (nSPS) is 11.0. The lowest BCUT2D eigenvalue weighted by Gasteiger charge is -2.05. The van der Waals surface area contributed by atoms with Crippen LogP contribution in [0.5, 0.6) is 17.2 Å². The molecule has 0 bridgehead atoms. The summed E-state index contributed by atoms with van der Waals surface area (Å²) in [5.74, 6) is 0.667. The number of ether oxygens (including phenoxy) is 3. The molecule has 4 aromatic carbocycles. The summed E-state index contributed by atoms with van der Waals surface area (Å²) in [6, 6.07) is 23.5. The van der Waals surface area contributed by atoms with Crippen LogP contribution in [0.15, 0.2) is 120 Å². The first-order valence-corrected chi connectivity index (χ1v) is 15.3. The van der Waals surface area contributed by atoms with Gasteiger partial charge in [-0.3, -0.25) is 9.59 Å². The van der Waals surface area contributed by atoms with Gasteiger partial charge in [0, 0.05) is 34.0 Å². The molecule has 11 nitrogen and oxygen atoms in total. The van der Waals surface area contributed by atoms with Crippen molar-refractivity contribution in [2.24, 2.45) is 0 Å². The molecule has 0 saturated heterocycles. The number of ketones is 2. The van der Waals surface area contributed by atoms with E-state index in [1.807, 2.05) is 0 Å². The van der Waals surface area contributed by atoms with Gasteiger partial charge in [0.15, 0.2) is 11.6 Å². The Bertz CT molecular complexity index is 2390. The zero-order chi connectivity index (χ0) is 34.6. The monoisotopic (exact) mass is 672 g/mol. The van der Waals surface area contributed by atoms with Crippen LogP contribution in [-0.2, 0) is 10.2 Å². The van der Waals surface area contributed by atoms with E-state index in [0.717, 1.165) is 24.3 Å². The van der Waals surface area contributed by atoms with E-state index in [-0.39, 0.29) is 28.1 Å². The van der Waals surface area contributed by atoms with Gasteiger partial charge in [0.25, 0.3) is 0 Å². The van der Waals surface area contributed by atoms with Gasteiger partial charge in [-0.15, -0.1) is 3.89 Å². The molecule has 0 atom stereocenters. The molecule has 13 heteroatoms. The quantitative estimate of drug-likeness (QED) is 0.110. The van der Waals surface area contributed by atoms with E-state index in [4.69, 9.17) is 23.0 Å². The molecule has 2 aromatic heterocycles. The van der Waals surface area contributed by atoms with Gasteiger partial charge in [-0.1, -0.05) is 0 Å². The fraction of sp³-hybridized carbons (Fsp3) is 0.0857. The van der Waals surface area contributed by atoms with Crippen LogP contribution in [-0.4, -0.2) is 41.3 Å². The Balaban J connectivity index is 0.000000188. The number of carbonyl (C=O) groups is 2. The Morgan fingerprint density at radius 2 is 0.938 bits per heavy atom. The van der Waals surface area contributed by atoms with Crippen molar-refractivity contribution in [2.75, 3.05) is 21.3 Å². The molecule has 0 fully saturated rings. The van der Waals surface area contributed by atoms with E-state index in [2.05, 4.69) is 0 Å². The fourth-order valence-electron chi connectivity index (χ4n) is 4.58. The zero-order valence-corrected chi connectivity index (χ0v) is 26.3. The molecule has 0 aliphatic heterocycles. The molecule has 0 spiro atoms. The van der Waals surface area contributed by atoms with Crippen molar-refractivity contribution in [2.45, 2.75) is 4.90 Å². The second-order valence-corrected chi connectivity index (χ2v) is 11.4. The molecule has 0 radical (unpaired) electrons. The molecule has 0 saturated carbocycles. The van der Waals surface area contributed by atoms with E-state index in [1.54, 1.807) is 61.7 Å². The SMILES string of the molecule is COc1ccc(C(=O)c2cc3ccc(OC)cc3oc2=O)cc1.COc1ccc2cc(C(=O)c3ccc(S(=O)(=O)F)cc3)c(=O)oc2c1. The third-order valence-electron chi connectivity index (χ3n) is 7.13. The summed E-state index contributed by atoms with van der Waals surface area (Å²) < 4.78 is 60.1. The molecule has 0 amide bonds. The number of hydrogen-bond acceptors (Lipinski definition) is 11. The van der Waals surface area contributed by atoms with E-state index < -0.39 is 32.2 Å². The van der Waals surface area contributed by atoms with Crippen molar-refractivity contribution in [1.82, 2.24) is 0 Å². The topological polar surface area (TPSA) is 156 Å². The minimum atomic E-state index is -4.86. The lowest BCUT2D eigenvalue weighted by atomic mass is 10.0. The molecular formula is C35H25FO11S. The molecule has 0 unspecified atom stereocenters. The summed E-state index contributed by atoms with van der Waals surface area (Å²) in [6.07, 6.45) is 0. The molecule has 6 rings (SSSR count). The number of fused-ring (bicyclic) bond motifs is 2. The average molecular weight is 673 g/mol. The summed E-state index contributed by atoms with van der Waals surface area (Å²) >= 11 is 0. The number of halogens is 1. The highest BCUT2D eigenvalue weighted by molar-refractivity contribution is 7.86. The molecule has 2 heterocycles. The maximum Gasteiger partial charge on any atom is 0.347 e. The van der Waals surface area contributed by atoms with Crippen LogP contribution in [0.25, 0.3) is 21.9 Å². The lowest BCUT2D eigenvalue weighted by Crippen LogP contribution is -2.14. The zero-order valence-electron chi connectivity index (χ0n) is 25.5. The van der Waals surface area contributed by atoms with Crippen molar-refractivity contribution in [1.29, 1.82) is 0 Å². The first kappa shape index (κ1) is 33.3. The third-order valence-corrected chi connectivity index (χ3v) is 7.96. The van der Waals surface area contributed by atoms with Gasteiger partial charge in [-0.25, -0.2) is 9.59 Å². The Hall–Kier alpha value is -6.08. The molecule has 48 heavy (non-hydrogen) atoms. The maximum absolute atomic E-state index is 12.9. The molecule has 244 valence electrons. The van der Waals surface area contributed by atoms with Crippen molar-refractivity contribution >= 4 is 43.7 Å². The van der Waals surface area contributed by atoms with Crippen LogP contribution in [0.3, 0.4) is 0 Å². The molecule has 0 aliphatic rings. The van der Waals surface area contributed by atoms with Gasteiger partial charge in [0.05, 0.1) is 26.2 Å².